The summed E-state index contributed by atoms with van der Waals surface area (Å²) in [6.45, 7) is 1.90. The fraction of sp³-hybridized carbons (Fsp3) is 0.308. The fourth-order valence-corrected chi connectivity index (χ4v) is 3.02. The van der Waals surface area contributed by atoms with Crippen LogP contribution in [0.5, 0.6) is 0 Å². The number of rotatable bonds is 4. The minimum Gasteiger partial charge on any atom is -0.355 e. The van der Waals surface area contributed by atoms with Crippen LogP contribution in [-0.2, 0) is 4.79 Å². The lowest BCUT2D eigenvalue weighted by Crippen LogP contribution is -2.40. The van der Waals surface area contributed by atoms with E-state index >= 15 is 0 Å². The van der Waals surface area contributed by atoms with Crippen molar-refractivity contribution < 1.29 is 14.4 Å². The summed E-state index contributed by atoms with van der Waals surface area (Å²) in [6, 6.07) is 0. The van der Waals surface area contributed by atoms with E-state index in [1.807, 2.05) is 6.92 Å². The summed E-state index contributed by atoms with van der Waals surface area (Å²) in [4.78, 5) is 37.2. The number of amides is 3. The zero-order valence-corrected chi connectivity index (χ0v) is 14.3. The zero-order chi connectivity index (χ0) is 16.6. The van der Waals surface area contributed by atoms with Crippen LogP contribution in [0.2, 0.25) is 20.1 Å². The van der Waals surface area contributed by atoms with Crippen molar-refractivity contribution in [2.45, 2.75) is 13.3 Å². The molecular weight excluding hydrogens is 374 g/mol. The van der Waals surface area contributed by atoms with Crippen LogP contribution in [0.15, 0.2) is 0 Å². The number of hydrogen-bond donors (Lipinski definition) is 1. The smallest absolute Gasteiger partial charge is 0.263 e. The van der Waals surface area contributed by atoms with Crippen molar-refractivity contribution in [2.24, 2.45) is 0 Å². The molecule has 2 rings (SSSR count). The molecular formula is C13H10Cl4N2O3. The van der Waals surface area contributed by atoms with Crippen molar-refractivity contribution in [3.63, 3.8) is 0 Å². The number of imide groups is 1. The average molecular weight is 384 g/mol. The molecule has 1 aliphatic heterocycles. The van der Waals surface area contributed by atoms with Gasteiger partial charge in [-0.1, -0.05) is 53.3 Å². The lowest BCUT2D eigenvalue weighted by molar-refractivity contribution is -0.121. The Bertz CT molecular complexity index is 644. The molecule has 1 heterocycles. The van der Waals surface area contributed by atoms with Crippen LogP contribution in [0.25, 0.3) is 0 Å². The topological polar surface area (TPSA) is 66.5 Å². The SMILES string of the molecule is CCCNC(=O)CN1C(=O)c2c(Cl)c(Cl)c(Cl)c(Cl)c2C1=O. The Morgan fingerprint density at radius 3 is 1.82 bits per heavy atom. The Labute approximate surface area is 146 Å². The lowest BCUT2D eigenvalue weighted by atomic mass is 10.1. The predicted molar refractivity (Wildman–Crippen MR) is 85.1 cm³/mol. The molecule has 0 aromatic heterocycles. The predicted octanol–water partition coefficient (Wildman–Crippen LogP) is 3.42. The molecule has 0 fully saturated rings. The molecule has 1 aliphatic rings. The van der Waals surface area contributed by atoms with Crippen LogP contribution < -0.4 is 5.32 Å². The van der Waals surface area contributed by atoms with Crippen LogP contribution in [0.1, 0.15) is 34.1 Å². The summed E-state index contributed by atoms with van der Waals surface area (Å²) in [5.41, 5.74) is -0.260. The van der Waals surface area contributed by atoms with Gasteiger partial charge in [0.05, 0.1) is 31.2 Å². The molecule has 118 valence electrons. The summed E-state index contributed by atoms with van der Waals surface area (Å²) < 4.78 is 0. The van der Waals surface area contributed by atoms with E-state index in [1.165, 1.54) is 0 Å². The van der Waals surface area contributed by atoms with Crippen molar-refractivity contribution in [1.82, 2.24) is 10.2 Å². The first-order chi connectivity index (χ1) is 10.3. The molecule has 0 atom stereocenters. The minimum atomic E-state index is -0.725. The van der Waals surface area contributed by atoms with E-state index in [2.05, 4.69) is 5.32 Å². The largest absolute Gasteiger partial charge is 0.355 e. The maximum Gasteiger partial charge on any atom is 0.263 e. The van der Waals surface area contributed by atoms with Gasteiger partial charge in [0.25, 0.3) is 11.8 Å². The van der Waals surface area contributed by atoms with E-state index < -0.39 is 24.3 Å². The molecule has 1 aromatic carbocycles. The van der Waals surface area contributed by atoms with E-state index in [4.69, 9.17) is 46.4 Å². The van der Waals surface area contributed by atoms with Gasteiger partial charge in [0.1, 0.15) is 6.54 Å². The third-order valence-electron chi connectivity index (χ3n) is 3.06. The van der Waals surface area contributed by atoms with E-state index in [0.29, 0.717) is 6.54 Å². The molecule has 1 aromatic rings. The van der Waals surface area contributed by atoms with Crippen molar-refractivity contribution in [2.75, 3.05) is 13.1 Å². The third-order valence-corrected chi connectivity index (χ3v) is 4.86. The van der Waals surface area contributed by atoms with Crippen LogP contribution in [0, 0.1) is 0 Å². The molecule has 0 spiro atoms. The van der Waals surface area contributed by atoms with E-state index in [-0.39, 0.29) is 31.2 Å². The zero-order valence-electron chi connectivity index (χ0n) is 11.3. The van der Waals surface area contributed by atoms with Gasteiger partial charge >= 0.3 is 0 Å². The first kappa shape index (κ1) is 17.3. The molecule has 1 N–H and O–H groups in total. The molecule has 0 bridgehead atoms. The Morgan fingerprint density at radius 2 is 1.41 bits per heavy atom. The average Bonchev–Trinajstić information content (AvgIpc) is 2.73. The van der Waals surface area contributed by atoms with Gasteiger partial charge in [-0.2, -0.15) is 0 Å². The molecule has 3 amide bonds. The summed E-state index contributed by atoms with van der Waals surface area (Å²) in [7, 11) is 0. The lowest BCUT2D eigenvalue weighted by Gasteiger charge is -2.13. The summed E-state index contributed by atoms with van der Waals surface area (Å²) in [5.74, 6) is -1.91. The Hall–Kier alpha value is -1.01. The second-order valence-corrected chi connectivity index (χ2v) is 6.06. The molecule has 0 saturated heterocycles. The maximum atomic E-state index is 12.3. The number of carbonyl (C=O) groups is 3. The highest BCUT2D eigenvalue weighted by atomic mass is 35.5. The second-order valence-electron chi connectivity index (χ2n) is 4.55. The molecule has 0 saturated carbocycles. The number of carbonyl (C=O) groups excluding carboxylic acids is 3. The molecule has 0 unspecified atom stereocenters. The standard InChI is InChI=1S/C13H10Cl4N2O3/c1-2-3-18-5(20)4-19-12(21)6-7(13(19)22)9(15)11(17)10(16)8(6)14/h2-4H2,1H3,(H,18,20). The van der Waals surface area contributed by atoms with E-state index in [9.17, 15) is 14.4 Å². The Balaban J connectivity index is 2.40. The van der Waals surface area contributed by atoms with Gasteiger partial charge in [0.2, 0.25) is 5.91 Å². The summed E-state index contributed by atoms with van der Waals surface area (Å²) in [6.07, 6.45) is 0.733. The number of benzene rings is 1. The van der Waals surface area contributed by atoms with Gasteiger partial charge in [-0.05, 0) is 6.42 Å². The molecule has 22 heavy (non-hydrogen) atoms. The highest BCUT2D eigenvalue weighted by Gasteiger charge is 2.42. The van der Waals surface area contributed by atoms with Crippen LogP contribution >= 0.6 is 46.4 Å². The van der Waals surface area contributed by atoms with Gasteiger partial charge in [-0.15, -0.1) is 0 Å². The van der Waals surface area contributed by atoms with Crippen LogP contribution in [0.3, 0.4) is 0 Å². The minimum absolute atomic E-state index is 0.106. The van der Waals surface area contributed by atoms with Gasteiger partial charge in [0.15, 0.2) is 0 Å². The number of nitrogens with one attached hydrogen (secondary N) is 1. The maximum absolute atomic E-state index is 12.3. The first-order valence-corrected chi connectivity index (χ1v) is 7.81. The van der Waals surface area contributed by atoms with Gasteiger partial charge in [-0.25, -0.2) is 0 Å². The highest BCUT2D eigenvalue weighted by molar-refractivity contribution is 6.55. The van der Waals surface area contributed by atoms with Crippen LogP contribution in [0.4, 0.5) is 0 Å². The summed E-state index contributed by atoms with van der Waals surface area (Å²) >= 11 is 23.8. The molecule has 0 aliphatic carbocycles. The molecule has 9 heteroatoms. The second kappa shape index (κ2) is 6.62. The van der Waals surface area contributed by atoms with Crippen molar-refractivity contribution >= 4 is 64.1 Å². The normalized spacial score (nSPS) is 13.6. The summed E-state index contributed by atoms with van der Waals surface area (Å²) in [5, 5.41) is 2.06. The first-order valence-electron chi connectivity index (χ1n) is 6.30. The van der Waals surface area contributed by atoms with Crippen molar-refractivity contribution in [3.8, 4) is 0 Å². The third kappa shape index (κ3) is 2.78. The molecule has 0 radical (unpaired) electrons. The molecule has 5 nitrogen and oxygen atoms in total. The van der Waals surface area contributed by atoms with Gasteiger partial charge < -0.3 is 5.32 Å². The van der Waals surface area contributed by atoms with E-state index in [1.54, 1.807) is 0 Å². The highest BCUT2D eigenvalue weighted by Crippen LogP contribution is 2.44. The van der Waals surface area contributed by atoms with Crippen molar-refractivity contribution in [3.05, 3.63) is 31.2 Å². The number of nitrogens with zero attached hydrogens (tertiary/aromatic N) is 1. The quantitative estimate of drug-likeness (QED) is 0.492. The monoisotopic (exact) mass is 382 g/mol. The Kier molecular flexibility index (Phi) is 5.22. The van der Waals surface area contributed by atoms with Gasteiger partial charge in [0, 0.05) is 6.54 Å². The number of fused-ring (bicyclic) bond motifs is 1. The fourth-order valence-electron chi connectivity index (χ4n) is 2.00. The number of halogens is 4. The van der Waals surface area contributed by atoms with Gasteiger partial charge in [-0.3, -0.25) is 19.3 Å². The number of hydrogen-bond acceptors (Lipinski definition) is 3. The van der Waals surface area contributed by atoms with Crippen molar-refractivity contribution in [1.29, 1.82) is 0 Å². The Morgan fingerprint density at radius 1 is 0.955 bits per heavy atom. The van der Waals surface area contributed by atoms with Crippen LogP contribution in [-0.4, -0.2) is 35.7 Å². The van der Waals surface area contributed by atoms with E-state index in [0.717, 1.165) is 11.3 Å².